The van der Waals surface area contributed by atoms with Crippen LogP contribution in [0.25, 0.3) is 11.4 Å². The molecule has 116 valence electrons. The second-order valence-electron chi connectivity index (χ2n) is 4.98. The van der Waals surface area contributed by atoms with Gasteiger partial charge in [-0.3, -0.25) is 4.79 Å². The summed E-state index contributed by atoms with van der Waals surface area (Å²) in [6, 6.07) is 2.83. The number of anilines is 1. The van der Waals surface area contributed by atoms with Crippen LogP contribution in [0.2, 0.25) is 0 Å². The summed E-state index contributed by atoms with van der Waals surface area (Å²) in [7, 11) is 0. The van der Waals surface area contributed by atoms with Crippen molar-refractivity contribution in [3.63, 3.8) is 0 Å². The van der Waals surface area contributed by atoms with E-state index in [0.29, 0.717) is 24.6 Å². The van der Waals surface area contributed by atoms with E-state index >= 15 is 0 Å². The Balaban J connectivity index is 1.75. The normalized spacial score (nSPS) is 18.0. The van der Waals surface area contributed by atoms with Crippen molar-refractivity contribution in [2.75, 3.05) is 18.4 Å². The first-order valence-electron chi connectivity index (χ1n) is 6.92. The Bertz CT molecular complexity index is 686. The first-order valence-corrected chi connectivity index (χ1v) is 7.69. The SMILES string of the molecule is CCN1CCC(Nc2nc(-c3cc(F)cc(F)c3)ns2)C1=O. The van der Waals surface area contributed by atoms with Crippen LogP contribution in [0, 0.1) is 11.6 Å². The number of hydrogen-bond acceptors (Lipinski definition) is 5. The Kier molecular flexibility index (Phi) is 4.02. The predicted octanol–water partition coefficient (Wildman–Crippen LogP) is 2.52. The first kappa shape index (κ1) is 14.8. The van der Waals surface area contributed by atoms with Crippen molar-refractivity contribution in [2.24, 2.45) is 0 Å². The lowest BCUT2D eigenvalue weighted by atomic mass is 10.2. The van der Waals surface area contributed by atoms with E-state index in [1.807, 2.05) is 6.92 Å². The van der Waals surface area contributed by atoms with E-state index in [4.69, 9.17) is 0 Å². The fourth-order valence-electron chi connectivity index (χ4n) is 2.42. The number of halogens is 2. The van der Waals surface area contributed by atoms with Crippen LogP contribution in [-0.4, -0.2) is 39.3 Å². The van der Waals surface area contributed by atoms with Crippen molar-refractivity contribution in [3.8, 4) is 11.4 Å². The minimum Gasteiger partial charge on any atom is -0.348 e. The van der Waals surface area contributed by atoms with E-state index < -0.39 is 11.6 Å². The molecule has 1 fully saturated rings. The molecule has 1 aliphatic rings. The van der Waals surface area contributed by atoms with Gasteiger partial charge in [0.2, 0.25) is 11.0 Å². The third kappa shape index (κ3) is 2.92. The van der Waals surface area contributed by atoms with Crippen LogP contribution >= 0.6 is 11.5 Å². The van der Waals surface area contributed by atoms with Crippen molar-refractivity contribution in [1.82, 2.24) is 14.3 Å². The highest BCUT2D eigenvalue weighted by Gasteiger charge is 2.31. The molecule has 1 aromatic carbocycles. The van der Waals surface area contributed by atoms with Gasteiger partial charge in [0.05, 0.1) is 0 Å². The quantitative estimate of drug-likeness (QED) is 0.939. The second-order valence-corrected chi connectivity index (χ2v) is 5.74. The van der Waals surface area contributed by atoms with Gasteiger partial charge in [0.25, 0.3) is 0 Å². The number of likely N-dealkylation sites (N-methyl/N-ethyl adjacent to an activating group) is 1. The maximum atomic E-state index is 13.2. The zero-order valence-corrected chi connectivity index (χ0v) is 12.7. The van der Waals surface area contributed by atoms with Gasteiger partial charge in [0, 0.05) is 36.3 Å². The van der Waals surface area contributed by atoms with Gasteiger partial charge in [-0.2, -0.15) is 9.36 Å². The number of carbonyl (C=O) groups excluding carboxylic acids is 1. The molecule has 8 heteroatoms. The molecule has 0 radical (unpaired) electrons. The van der Waals surface area contributed by atoms with Gasteiger partial charge in [0.1, 0.15) is 17.7 Å². The Morgan fingerprint density at radius 2 is 2.09 bits per heavy atom. The summed E-state index contributed by atoms with van der Waals surface area (Å²) in [5.74, 6) is -1.08. The summed E-state index contributed by atoms with van der Waals surface area (Å²) >= 11 is 1.07. The summed E-state index contributed by atoms with van der Waals surface area (Å²) in [5, 5.41) is 3.51. The number of nitrogens with zero attached hydrogens (tertiary/aromatic N) is 3. The fourth-order valence-corrected chi connectivity index (χ4v) is 3.06. The lowest BCUT2D eigenvalue weighted by Crippen LogP contribution is -2.33. The van der Waals surface area contributed by atoms with Crippen LogP contribution in [0.1, 0.15) is 13.3 Å². The average Bonchev–Trinajstić information content (AvgIpc) is 3.06. The molecule has 1 aromatic heterocycles. The summed E-state index contributed by atoms with van der Waals surface area (Å²) in [6.45, 7) is 3.33. The minimum atomic E-state index is -0.677. The molecule has 1 N–H and O–H groups in total. The predicted molar refractivity (Wildman–Crippen MR) is 79.5 cm³/mol. The van der Waals surface area contributed by atoms with E-state index in [1.54, 1.807) is 4.90 Å². The summed E-state index contributed by atoms with van der Waals surface area (Å²) in [6.07, 6.45) is 0.705. The monoisotopic (exact) mass is 324 g/mol. The van der Waals surface area contributed by atoms with Crippen LogP contribution in [-0.2, 0) is 4.79 Å². The van der Waals surface area contributed by atoms with E-state index in [-0.39, 0.29) is 23.3 Å². The van der Waals surface area contributed by atoms with Crippen molar-refractivity contribution in [1.29, 1.82) is 0 Å². The molecule has 2 heterocycles. The van der Waals surface area contributed by atoms with Crippen molar-refractivity contribution < 1.29 is 13.6 Å². The fraction of sp³-hybridized carbons (Fsp3) is 0.357. The van der Waals surface area contributed by atoms with E-state index in [9.17, 15) is 13.6 Å². The van der Waals surface area contributed by atoms with Gasteiger partial charge in [-0.15, -0.1) is 0 Å². The Labute approximate surface area is 130 Å². The molecule has 1 atom stereocenters. The molecule has 1 saturated heterocycles. The van der Waals surface area contributed by atoms with Gasteiger partial charge in [-0.1, -0.05) is 0 Å². The van der Waals surface area contributed by atoms with Gasteiger partial charge in [-0.05, 0) is 25.5 Å². The molecule has 0 bridgehead atoms. The van der Waals surface area contributed by atoms with Gasteiger partial charge in [-0.25, -0.2) is 8.78 Å². The molecule has 1 aliphatic heterocycles. The largest absolute Gasteiger partial charge is 0.348 e. The topological polar surface area (TPSA) is 58.1 Å². The maximum Gasteiger partial charge on any atom is 0.245 e. The third-order valence-corrected chi connectivity index (χ3v) is 4.17. The van der Waals surface area contributed by atoms with Crippen LogP contribution in [0.4, 0.5) is 13.9 Å². The molecule has 3 rings (SSSR count). The number of carbonyl (C=O) groups is 1. The number of rotatable bonds is 4. The number of likely N-dealkylation sites (tertiary alicyclic amines) is 1. The number of nitrogens with one attached hydrogen (secondary N) is 1. The van der Waals surface area contributed by atoms with E-state index in [1.165, 1.54) is 12.1 Å². The summed E-state index contributed by atoms with van der Waals surface area (Å²) in [5.41, 5.74) is 0.273. The zero-order valence-electron chi connectivity index (χ0n) is 11.8. The van der Waals surface area contributed by atoms with Crippen LogP contribution in [0.15, 0.2) is 18.2 Å². The highest BCUT2D eigenvalue weighted by atomic mass is 32.1. The molecule has 0 saturated carbocycles. The maximum absolute atomic E-state index is 13.2. The van der Waals surface area contributed by atoms with Crippen molar-refractivity contribution >= 4 is 22.6 Å². The summed E-state index contributed by atoms with van der Waals surface area (Å²) < 4.78 is 30.5. The van der Waals surface area contributed by atoms with Gasteiger partial charge in [0.15, 0.2) is 5.82 Å². The highest BCUT2D eigenvalue weighted by Crippen LogP contribution is 2.24. The van der Waals surface area contributed by atoms with E-state index in [0.717, 1.165) is 17.6 Å². The molecule has 0 spiro atoms. The lowest BCUT2D eigenvalue weighted by molar-refractivity contribution is -0.128. The third-order valence-electron chi connectivity index (χ3n) is 3.52. The first-order chi connectivity index (χ1) is 10.6. The van der Waals surface area contributed by atoms with Crippen LogP contribution in [0.3, 0.4) is 0 Å². The van der Waals surface area contributed by atoms with Crippen LogP contribution < -0.4 is 5.32 Å². The van der Waals surface area contributed by atoms with Gasteiger partial charge >= 0.3 is 0 Å². The minimum absolute atomic E-state index is 0.0380. The second kappa shape index (κ2) is 5.96. The molecule has 22 heavy (non-hydrogen) atoms. The molecule has 1 amide bonds. The molecule has 5 nitrogen and oxygen atoms in total. The van der Waals surface area contributed by atoms with Gasteiger partial charge < -0.3 is 10.2 Å². The standard InChI is InChI=1S/C14H14F2N4OS/c1-2-20-4-3-11(13(20)21)17-14-18-12(19-22-14)8-5-9(15)7-10(16)6-8/h5-7,11H,2-4H2,1H3,(H,17,18,19). The number of aromatic nitrogens is 2. The smallest absolute Gasteiger partial charge is 0.245 e. The number of benzene rings is 1. The lowest BCUT2D eigenvalue weighted by Gasteiger charge is -2.13. The highest BCUT2D eigenvalue weighted by molar-refractivity contribution is 7.09. The molecule has 1 unspecified atom stereocenters. The molecule has 0 aliphatic carbocycles. The molecule has 2 aromatic rings. The zero-order chi connectivity index (χ0) is 15.7. The number of amides is 1. The summed E-state index contributed by atoms with van der Waals surface area (Å²) in [4.78, 5) is 18.0. The average molecular weight is 324 g/mol. The van der Waals surface area contributed by atoms with Crippen molar-refractivity contribution in [2.45, 2.75) is 19.4 Å². The Morgan fingerprint density at radius 1 is 1.36 bits per heavy atom. The van der Waals surface area contributed by atoms with Crippen molar-refractivity contribution in [3.05, 3.63) is 29.8 Å². The van der Waals surface area contributed by atoms with Crippen LogP contribution in [0.5, 0.6) is 0 Å². The molecular weight excluding hydrogens is 310 g/mol. The Hall–Kier alpha value is -2.09. The van der Waals surface area contributed by atoms with E-state index in [2.05, 4.69) is 14.7 Å². The Morgan fingerprint density at radius 3 is 2.73 bits per heavy atom. The number of hydrogen-bond donors (Lipinski definition) is 1. The molecular formula is C14H14F2N4OS.